The van der Waals surface area contributed by atoms with E-state index in [0.29, 0.717) is 6.54 Å². The number of nitrogens with one attached hydrogen (secondary N) is 2. The molecule has 5 heteroatoms. The minimum atomic E-state index is 0.642. The molecule has 2 aromatic rings. The quantitative estimate of drug-likeness (QED) is 0.837. The van der Waals surface area contributed by atoms with Crippen LogP contribution < -0.4 is 10.6 Å². The van der Waals surface area contributed by atoms with Crippen LogP contribution in [0, 0.1) is 6.92 Å². The number of anilines is 2. The molecular formula is C12H15N5. The van der Waals surface area contributed by atoms with E-state index in [9.17, 15) is 0 Å². The molecule has 0 aliphatic heterocycles. The van der Waals surface area contributed by atoms with Crippen molar-refractivity contribution < 1.29 is 0 Å². The molecule has 0 spiro atoms. The van der Waals surface area contributed by atoms with Gasteiger partial charge in [-0.25, -0.2) is 4.98 Å². The van der Waals surface area contributed by atoms with Gasteiger partial charge < -0.3 is 10.6 Å². The highest BCUT2D eigenvalue weighted by molar-refractivity contribution is 5.41. The second kappa shape index (κ2) is 5.25. The van der Waals surface area contributed by atoms with Crippen molar-refractivity contribution in [2.24, 2.45) is 0 Å². The lowest BCUT2D eigenvalue weighted by molar-refractivity contribution is 0.998. The zero-order valence-electron chi connectivity index (χ0n) is 9.94. The van der Waals surface area contributed by atoms with E-state index in [2.05, 4.69) is 25.6 Å². The lowest BCUT2D eigenvalue weighted by Crippen LogP contribution is -2.05. The lowest BCUT2D eigenvalue weighted by Gasteiger charge is -2.06. The Kier molecular flexibility index (Phi) is 3.49. The Morgan fingerprint density at radius 2 is 1.94 bits per heavy atom. The second-order valence-electron chi connectivity index (χ2n) is 3.66. The highest BCUT2D eigenvalue weighted by Gasteiger charge is 1.98. The van der Waals surface area contributed by atoms with E-state index in [1.165, 1.54) is 0 Å². The van der Waals surface area contributed by atoms with Crippen LogP contribution in [0.3, 0.4) is 0 Å². The molecule has 0 aliphatic carbocycles. The van der Waals surface area contributed by atoms with Crippen molar-refractivity contribution in [1.82, 2.24) is 15.0 Å². The maximum atomic E-state index is 4.40. The fourth-order valence-corrected chi connectivity index (χ4v) is 1.45. The third-order valence-corrected chi connectivity index (χ3v) is 2.29. The summed E-state index contributed by atoms with van der Waals surface area (Å²) in [5.41, 5.74) is 2.00. The van der Waals surface area contributed by atoms with Crippen molar-refractivity contribution in [3.8, 4) is 0 Å². The smallest absolute Gasteiger partial charge is 0.147 e. The molecule has 88 valence electrons. The first-order valence-electron chi connectivity index (χ1n) is 5.44. The highest BCUT2D eigenvalue weighted by atomic mass is 15.1. The predicted molar refractivity (Wildman–Crippen MR) is 67.9 cm³/mol. The number of rotatable bonds is 4. The van der Waals surface area contributed by atoms with Crippen LogP contribution in [0.15, 0.2) is 30.6 Å². The maximum Gasteiger partial charge on any atom is 0.147 e. The molecule has 2 aromatic heterocycles. The molecular weight excluding hydrogens is 214 g/mol. The normalized spacial score (nSPS) is 10.0. The molecule has 0 aromatic carbocycles. The Morgan fingerprint density at radius 3 is 2.71 bits per heavy atom. The summed E-state index contributed by atoms with van der Waals surface area (Å²) in [6.45, 7) is 2.62. The van der Waals surface area contributed by atoms with Crippen LogP contribution in [0.2, 0.25) is 0 Å². The predicted octanol–water partition coefficient (Wildman–Crippen LogP) is 1.83. The Bertz CT molecular complexity index is 498. The molecule has 2 heterocycles. The van der Waals surface area contributed by atoms with Crippen molar-refractivity contribution in [3.05, 3.63) is 42.0 Å². The summed E-state index contributed by atoms with van der Waals surface area (Å²) >= 11 is 0. The van der Waals surface area contributed by atoms with Crippen LogP contribution >= 0.6 is 0 Å². The fourth-order valence-electron chi connectivity index (χ4n) is 1.45. The Balaban J connectivity index is 2.02. The summed E-state index contributed by atoms with van der Waals surface area (Å²) in [6.07, 6.45) is 3.37. The van der Waals surface area contributed by atoms with Crippen LogP contribution in [0.1, 0.15) is 11.4 Å². The number of pyridine rings is 1. The molecule has 5 nitrogen and oxygen atoms in total. The zero-order chi connectivity index (χ0) is 12.1. The first-order chi connectivity index (χ1) is 8.28. The first kappa shape index (κ1) is 11.3. The number of nitrogens with zero attached hydrogens (tertiary/aromatic N) is 3. The molecule has 0 aliphatic rings. The van der Waals surface area contributed by atoms with Crippen LogP contribution in [-0.2, 0) is 6.54 Å². The van der Waals surface area contributed by atoms with E-state index in [1.807, 2.05) is 32.2 Å². The van der Waals surface area contributed by atoms with Gasteiger partial charge in [0.1, 0.15) is 11.6 Å². The van der Waals surface area contributed by atoms with Crippen molar-refractivity contribution in [2.45, 2.75) is 13.5 Å². The molecule has 0 saturated heterocycles. The molecule has 0 amide bonds. The SMILES string of the molecule is CNc1cncc(NCc2cccc(C)n2)n1. The summed E-state index contributed by atoms with van der Waals surface area (Å²) in [5.74, 6) is 1.48. The molecule has 0 fully saturated rings. The van der Waals surface area contributed by atoms with Crippen molar-refractivity contribution in [2.75, 3.05) is 17.7 Å². The maximum absolute atomic E-state index is 4.40. The van der Waals surface area contributed by atoms with Crippen LogP contribution in [0.25, 0.3) is 0 Å². The van der Waals surface area contributed by atoms with E-state index in [0.717, 1.165) is 23.0 Å². The number of aromatic nitrogens is 3. The monoisotopic (exact) mass is 229 g/mol. The Morgan fingerprint density at radius 1 is 1.12 bits per heavy atom. The van der Waals surface area contributed by atoms with Gasteiger partial charge in [0.25, 0.3) is 0 Å². The molecule has 0 bridgehead atoms. The molecule has 2 rings (SSSR count). The van der Waals surface area contributed by atoms with E-state index in [4.69, 9.17) is 0 Å². The van der Waals surface area contributed by atoms with Crippen molar-refractivity contribution in [3.63, 3.8) is 0 Å². The minimum absolute atomic E-state index is 0.642. The molecule has 0 saturated carbocycles. The molecule has 17 heavy (non-hydrogen) atoms. The van der Waals surface area contributed by atoms with Gasteiger partial charge in [-0.2, -0.15) is 0 Å². The van der Waals surface area contributed by atoms with Gasteiger partial charge in [-0.1, -0.05) is 6.07 Å². The molecule has 0 unspecified atom stereocenters. The van der Waals surface area contributed by atoms with Gasteiger partial charge in [-0.15, -0.1) is 0 Å². The number of aryl methyl sites for hydroxylation is 1. The number of hydrogen-bond acceptors (Lipinski definition) is 5. The fraction of sp³-hybridized carbons (Fsp3) is 0.250. The standard InChI is InChI=1S/C12H15N5/c1-9-4-3-5-10(16-9)6-15-12-8-14-7-11(13-2)17-12/h3-5,7-8H,6H2,1-2H3,(H2,13,15,17). The van der Waals surface area contributed by atoms with E-state index in [-0.39, 0.29) is 0 Å². The molecule has 0 radical (unpaired) electrons. The van der Waals surface area contributed by atoms with Gasteiger partial charge in [0, 0.05) is 12.7 Å². The summed E-state index contributed by atoms with van der Waals surface area (Å²) in [6, 6.07) is 5.95. The van der Waals surface area contributed by atoms with Crippen molar-refractivity contribution >= 4 is 11.6 Å². The largest absolute Gasteiger partial charge is 0.372 e. The number of hydrogen-bond donors (Lipinski definition) is 2. The summed E-state index contributed by atoms with van der Waals surface area (Å²) in [7, 11) is 1.82. The van der Waals surface area contributed by atoms with Gasteiger partial charge in [0.05, 0.1) is 24.6 Å². The van der Waals surface area contributed by atoms with Gasteiger partial charge in [-0.3, -0.25) is 9.97 Å². The van der Waals surface area contributed by atoms with Crippen molar-refractivity contribution in [1.29, 1.82) is 0 Å². The lowest BCUT2D eigenvalue weighted by atomic mass is 10.3. The Labute approximate surface area is 100 Å². The summed E-state index contributed by atoms with van der Waals surface area (Å²) in [4.78, 5) is 12.8. The topological polar surface area (TPSA) is 62.7 Å². The van der Waals surface area contributed by atoms with Crippen LogP contribution in [-0.4, -0.2) is 22.0 Å². The zero-order valence-corrected chi connectivity index (χ0v) is 9.94. The second-order valence-corrected chi connectivity index (χ2v) is 3.66. The average Bonchev–Trinajstić information content (AvgIpc) is 2.37. The molecule has 2 N–H and O–H groups in total. The Hall–Kier alpha value is -2.17. The third kappa shape index (κ3) is 3.14. The average molecular weight is 229 g/mol. The first-order valence-corrected chi connectivity index (χ1v) is 5.44. The summed E-state index contributed by atoms with van der Waals surface area (Å²) in [5, 5.41) is 6.13. The van der Waals surface area contributed by atoms with Crippen LogP contribution in [0.4, 0.5) is 11.6 Å². The van der Waals surface area contributed by atoms with Gasteiger partial charge in [-0.05, 0) is 19.1 Å². The van der Waals surface area contributed by atoms with E-state index < -0.39 is 0 Å². The van der Waals surface area contributed by atoms with E-state index in [1.54, 1.807) is 12.4 Å². The summed E-state index contributed by atoms with van der Waals surface area (Å²) < 4.78 is 0. The highest BCUT2D eigenvalue weighted by Crippen LogP contribution is 2.07. The van der Waals surface area contributed by atoms with Gasteiger partial charge >= 0.3 is 0 Å². The van der Waals surface area contributed by atoms with Gasteiger partial charge in [0.2, 0.25) is 0 Å². The minimum Gasteiger partial charge on any atom is -0.372 e. The van der Waals surface area contributed by atoms with E-state index >= 15 is 0 Å². The van der Waals surface area contributed by atoms with Crippen LogP contribution in [0.5, 0.6) is 0 Å². The van der Waals surface area contributed by atoms with Gasteiger partial charge in [0.15, 0.2) is 0 Å². The molecule has 0 atom stereocenters. The third-order valence-electron chi connectivity index (χ3n) is 2.29.